The smallest absolute Gasteiger partial charge is 0.110 e. The standard InChI is InChI=1S/C12H19BrN2O/c1-4-7-15-10(9(13)8-14-15)12(3,16)11(2)5-6-11/h8,16H,4-7H2,1-3H3. The summed E-state index contributed by atoms with van der Waals surface area (Å²) in [5.74, 6) is 0. The highest BCUT2D eigenvalue weighted by Gasteiger charge is 2.55. The summed E-state index contributed by atoms with van der Waals surface area (Å²) in [6.07, 6.45) is 4.98. The lowest BCUT2D eigenvalue weighted by molar-refractivity contribution is -0.0214. The van der Waals surface area contributed by atoms with Crippen molar-refractivity contribution < 1.29 is 5.11 Å². The Kier molecular flexibility index (Phi) is 2.91. The van der Waals surface area contributed by atoms with Crippen LogP contribution in [0.4, 0.5) is 0 Å². The van der Waals surface area contributed by atoms with Crippen molar-refractivity contribution >= 4 is 15.9 Å². The molecule has 2 rings (SSSR count). The number of halogens is 1. The minimum absolute atomic E-state index is 0.0149. The average Bonchev–Trinajstić information content (AvgIpc) is 2.85. The van der Waals surface area contributed by atoms with Crippen LogP contribution >= 0.6 is 15.9 Å². The van der Waals surface area contributed by atoms with Gasteiger partial charge < -0.3 is 5.11 Å². The third-order valence-corrected chi connectivity index (χ3v) is 4.45. The van der Waals surface area contributed by atoms with Crippen LogP contribution in [0.1, 0.15) is 45.7 Å². The van der Waals surface area contributed by atoms with E-state index in [2.05, 4.69) is 34.9 Å². The molecule has 1 fully saturated rings. The highest BCUT2D eigenvalue weighted by Crippen LogP contribution is 2.58. The van der Waals surface area contributed by atoms with Gasteiger partial charge in [0.25, 0.3) is 0 Å². The summed E-state index contributed by atoms with van der Waals surface area (Å²) in [4.78, 5) is 0. The van der Waals surface area contributed by atoms with Gasteiger partial charge in [-0.2, -0.15) is 5.10 Å². The first-order chi connectivity index (χ1) is 7.42. The lowest BCUT2D eigenvalue weighted by atomic mass is 9.84. The largest absolute Gasteiger partial charge is 0.383 e. The zero-order valence-corrected chi connectivity index (χ0v) is 11.7. The molecule has 0 bridgehead atoms. The molecule has 1 aliphatic carbocycles. The van der Waals surface area contributed by atoms with Crippen molar-refractivity contribution in [2.45, 2.75) is 52.2 Å². The highest BCUT2D eigenvalue weighted by atomic mass is 79.9. The molecule has 4 heteroatoms. The van der Waals surface area contributed by atoms with Gasteiger partial charge in [-0.3, -0.25) is 4.68 Å². The van der Waals surface area contributed by atoms with Crippen molar-refractivity contribution in [3.63, 3.8) is 0 Å². The summed E-state index contributed by atoms with van der Waals surface area (Å²) in [6, 6.07) is 0. The van der Waals surface area contributed by atoms with E-state index in [1.165, 1.54) is 0 Å². The lowest BCUT2D eigenvalue weighted by Crippen LogP contribution is -2.34. The first-order valence-electron chi connectivity index (χ1n) is 5.86. The molecule has 1 aliphatic rings. The molecule has 3 nitrogen and oxygen atoms in total. The second kappa shape index (κ2) is 3.84. The first kappa shape index (κ1) is 12.1. The van der Waals surface area contributed by atoms with Crippen molar-refractivity contribution in [2.24, 2.45) is 5.41 Å². The number of aliphatic hydroxyl groups is 1. The normalized spacial score (nSPS) is 21.8. The van der Waals surface area contributed by atoms with Crippen LogP contribution in [0.2, 0.25) is 0 Å². The molecule has 1 aromatic rings. The predicted octanol–water partition coefficient (Wildman–Crippen LogP) is 3.06. The summed E-state index contributed by atoms with van der Waals surface area (Å²) in [7, 11) is 0. The van der Waals surface area contributed by atoms with Crippen molar-refractivity contribution in [3.8, 4) is 0 Å². The van der Waals surface area contributed by atoms with Crippen LogP contribution in [0.3, 0.4) is 0 Å². The van der Waals surface area contributed by atoms with Crippen molar-refractivity contribution in [2.75, 3.05) is 0 Å². The van der Waals surface area contributed by atoms with Gasteiger partial charge in [0.1, 0.15) is 5.60 Å². The number of hydrogen-bond acceptors (Lipinski definition) is 2. The van der Waals surface area contributed by atoms with E-state index in [4.69, 9.17) is 0 Å². The fourth-order valence-electron chi connectivity index (χ4n) is 2.19. The fourth-order valence-corrected chi connectivity index (χ4v) is 2.87. The minimum atomic E-state index is -0.794. The molecule has 0 aromatic carbocycles. The second-order valence-corrected chi connectivity index (χ2v) is 6.05. The van der Waals surface area contributed by atoms with Crippen LogP contribution in [0.25, 0.3) is 0 Å². The monoisotopic (exact) mass is 286 g/mol. The van der Waals surface area contributed by atoms with Gasteiger partial charge in [0, 0.05) is 12.0 Å². The molecule has 1 saturated carbocycles. The van der Waals surface area contributed by atoms with Gasteiger partial charge in [0.2, 0.25) is 0 Å². The van der Waals surface area contributed by atoms with Crippen molar-refractivity contribution in [1.82, 2.24) is 9.78 Å². The highest BCUT2D eigenvalue weighted by molar-refractivity contribution is 9.10. The van der Waals surface area contributed by atoms with Gasteiger partial charge in [-0.1, -0.05) is 13.8 Å². The summed E-state index contributed by atoms with van der Waals surface area (Å²) >= 11 is 3.50. The van der Waals surface area contributed by atoms with E-state index in [9.17, 15) is 5.11 Å². The third-order valence-electron chi connectivity index (χ3n) is 3.87. The van der Waals surface area contributed by atoms with Gasteiger partial charge in [0.05, 0.1) is 16.4 Å². The first-order valence-corrected chi connectivity index (χ1v) is 6.66. The Labute approximate surface area is 105 Å². The third kappa shape index (κ3) is 1.72. The van der Waals surface area contributed by atoms with Gasteiger partial charge in [-0.25, -0.2) is 0 Å². The molecule has 1 atom stereocenters. The number of aryl methyl sites for hydroxylation is 1. The molecule has 0 spiro atoms. The van der Waals surface area contributed by atoms with Crippen LogP contribution in [-0.2, 0) is 12.1 Å². The molecule has 16 heavy (non-hydrogen) atoms. The average molecular weight is 287 g/mol. The number of hydrogen-bond donors (Lipinski definition) is 1. The molecule has 1 unspecified atom stereocenters. The van der Waals surface area contributed by atoms with Crippen LogP contribution < -0.4 is 0 Å². The lowest BCUT2D eigenvalue weighted by Gasteiger charge is -2.31. The van der Waals surface area contributed by atoms with Crippen molar-refractivity contribution in [3.05, 3.63) is 16.4 Å². The molecule has 90 valence electrons. The number of rotatable bonds is 4. The van der Waals surface area contributed by atoms with E-state index in [-0.39, 0.29) is 5.41 Å². The van der Waals surface area contributed by atoms with Gasteiger partial charge in [0.15, 0.2) is 0 Å². The molecular weight excluding hydrogens is 268 g/mol. The maximum Gasteiger partial charge on any atom is 0.110 e. The minimum Gasteiger partial charge on any atom is -0.383 e. The van der Waals surface area contributed by atoms with Crippen LogP contribution in [0, 0.1) is 5.41 Å². The van der Waals surface area contributed by atoms with E-state index >= 15 is 0 Å². The SMILES string of the molecule is CCCn1ncc(Br)c1C(C)(O)C1(C)CC1. The molecule has 1 heterocycles. The van der Waals surface area contributed by atoms with Gasteiger partial charge in [-0.15, -0.1) is 0 Å². The van der Waals surface area contributed by atoms with Crippen LogP contribution in [0.5, 0.6) is 0 Å². The summed E-state index contributed by atoms with van der Waals surface area (Å²) in [5, 5.41) is 15.1. The van der Waals surface area contributed by atoms with Crippen LogP contribution in [0.15, 0.2) is 10.7 Å². The van der Waals surface area contributed by atoms with E-state index in [0.717, 1.165) is 36.0 Å². The van der Waals surface area contributed by atoms with Gasteiger partial charge in [-0.05, 0) is 42.1 Å². The summed E-state index contributed by atoms with van der Waals surface area (Å²) in [6.45, 7) is 7.02. The number of nitrogens with zero attached hydrogens (tertiary/aromatic N) is 2. The van der Waals surface area contributed by atoms with Crippen molar-refractivity contribution in [1.29, 1.82) is 0 Å². The topological polar surface area (TPSA) is 38.0 Å². The quantitative estimate of drug-likeness (QED) is 0.924. The molecule has 0 amide bonds. The van der Waals surface area contributed by atoms with E-state index in [0.29, 0.717) is 0 Å². The maximum absolute atomic E-state index is 10.8. The fraction of sp³-hybridized carbons (Fsp3) is 0.750. The zero-order chi connectivity index (χ0) is 12.0. The van der Waals surface area contributed by atoms with E-state index in [1.807, 2.05) is 11.6 Å². The Morgan fingerprint density at radius 1 is 1.62 bits per heavy atom. The molecule has 0 saturated heterocycles. The Bertz CT molecular complexity index is 394. The molecule has 0 aliphatic heterocycles. The Morgan fingerprint density at radius 2 is 2.25 bits per heavy atom. The van der Waals surface area contributed by atoms with E-state index in [1.54, 1.807) is 6.20 Å². The molecule has 0 radical (unpaired) electrons. The zero-order valence-electron chi connectivity index (χ0n) is 10.1. The Hall–Kier alpha value is -0.350. The number of aromatic nitrogens is 2. The summed E-state index contributed by atoms with van der Waals surface area (Å²) in [5.41, 5.74) is 0.146. The molecule has 1 aromatic heterocycles. The predicted molar refractivity (Wildman–Crippen MR) is 67.1 cm³/mol. The Balaban J connectivity index is 2.42. The van der Waals surface area contributed by atoms with Crippen LogP contribution in [-0.4, -0.2) is 14.9 Å². The molecule has 1 N–H and O–H groups in total. The molecular formula is C12H19BrN2O. The summed E-state index contributed by atoms with van der Waals surface area (Å²) < 4.78 is 2.84. The van der Waals surface area contributed by atoms with Gasteiger partial charge >= 0.3 is 0 Å². The maximum atomic E-state index is 10.8. The Morgan fingerprint density at radius 3 is 2.75 bits per heavy atom. The second-order valence-electron chi connectivity index (χ2n) is 5.20. The van der Waals surface area contributed by atoms with E-state index < -0.39 is 5.60 Å².